The fraction of sp³-hybridized carbons (Fsp3) is 0.538. The molecule has 6 heteroatoms. The molecule has 0 saturated carbocycles. The van der Waals surface area contributed by atoms with Crippen LogP contribution in [0.3, 0.4) is 0 Å². The Hall–Kier alpha value is -1.91. The number of hydrogen-bond donors (Lipinski definition) is 1. The molecule has 1 unspecified atom stereocenters. The number of aliphatic hydroxyl groups is 1. The smallest absolute Gasteiger partial charge is 0.160 e. The van der Waals surface area contributed by atoms with E-state index in [9.17, 15) is 0 Å². The molecule has 1 rings (SSSR count). The maximum Gasteiger partial charge on any atom is 0.160 e. The van der Waals surface area contributed by atoms with Crippen molar-refractivity contribution in [3.8, 4) is 11.5 Å². The minimum absolute atomic E-state index is 0.148. The first kappa shape index (κ1) is 15.1. The lowest BCUT2D eigenvalue weighted by Crippen LogP contribution is -1.98. The number of aliphatic hydroxyl groups excluding tert-OH is 1. The first-order valence-electron chi connectivity index (χ1n) is 6.13. The van der Waals surface area contributed by atoms with Crippen LogP contribution in [0.4, 0.5) is 0 Å². The van der Waals surface area contributed by atoms with Gasteiger partial charge in [0.2, 0.25) is 0 Å². The summed E-state index contributed by atoms with van der Waals surface area (Å²) >= 11 is 0. The highest BCUT2D eigenvalue weighted by Crippen LogP contribution is 2.33. The molecule has 104 valence electrons. The van der Waals surface area contributed by atoms with Crippen LogP contribution in [-0.4, -0.2) is 25.9 Å². The van der Waals surface area contributed by atoms with Crippen molar-refractivity contribution in [3.63, 3.8) is 0 Å². The van der Waals surface area contributed by atoms with Gasteiger partial charge in [0.05, 0.1) is 20.3 Å². The van der Waals surface area contributed by atoms with Crippen LogP contribution in [0.2, 0.25) is 0 Å². The lowest BCUT2D eigenvalue weighted by molar-refractivity contribution is 0.281. The van der Waals surface area contributed by atoms with Crippen LogP contribution in [0, 0.1) is 0 Å². The highest BCUT2D eigenvalue weighted by Gasteiger charge is 2.12. The molecule has 0 spiro atoms. The fourth-order valence-electron chi connectivity index (χ4n) is 1.86. The van der Waals surface area contributed by atoms with Gasteiger partial charge >= 0.3 is 0 Å². The molecular formula is C13H19N3O3. The van der Waals surface area contributed by atoms with Crippen molar-refractivity contribution < 1.29 is 14.6 Å². The van der Waals surface area contributed by atoms with E-state index in [0.717, 1.165) is 12.0 Å². The lowest BCUT2D eigenvalue weighted by Gasteiger charge is -2.14. The largest absolute Gasteiger partial charge is 0.493 e. The summed E-state index contributed by atoms with van der Waals surface area (Å²) in [6.07, 6.45) is 2.19. The van der Waals surface area contributed by atoms with E-state index >= 15 is 0 Å². The highest BCUT2D eigenvalue weighted by molar-refractivity contribution is 5.43. The average molecular weight is 265 g/mol. The predicted molar refractivity (Wildman–Crippen MR) is 72.4 cm³/mol. The van der Waals surface area contributed by atoms with Gasteiger partial charge in [-0.05, 0) is 36.1 Å². The van der Waals surface area contributed by atoms with Crippen molar-refractivity contribution in [2.24, 2.45) is 5.11 Å². The van der Waals surface area contributed by atoms with Crippen LogP contribution in [0.15, 0.2) is 23.3 Å². The van der Waals surface area contributed by atoms with E-state index in [1.54, 1.807) is 20.3 Å². The van der Waals surface area contributed by atoms with Gasteiger partial charge in [-0.2, -0.15) is 0 Å². The lowest BCUT2D eigenvalue weighted by atomic mass is 10.0. The van der Waals surface area contributed by atoms with Crippen LogP contribution in [0.1, 0.15) is 30.9 Å². The molecule has 0 amide bonds. The third-order valence-corrected chi connectivity index (χ3v) is 2.87. The van der Waals surface area contributed by atoms with Crippen LogP contribution in [0.5, 0.6) is 11.5 Å². The molecule has 1 aromatic rings. The van der Waals surface area contributed by atoms with Gasteiger partial charge in [-0.25, -0.2) is 0 Å². The van der Waals surface area contributed by atoms with Gasteiger partial charge in [0.25, 0.3) is 0 Å². The van der Waals surface area contributed by atoms with Crippen molar-refractivity contribution in [1.82, 2.24) is 0 Å². The molecule has 0 bridgehead atoms. The molecule has 0 saturated heterocycles. The summed E-state index contributed by atoms with van der Waals surface area (Å²) in [5, 5.41) is 12.6. The third kappa shape index (κ3) is 4.35. The second-order valence-corrected chi connectivity index (χ2v) is 4.05. The Bertz CT molecular complexity index is 445. The fourth-order valence-corrected chi connectivity index (χ4v) is 1.86. The Labute approximate surface area is 112 Å². The molecule has 0 aliphatic heterocycles. The SMILES string of the molecule is COc1ccc(C(CCCCO)N=[N+]=[N-])cc1OC. The van der Waals surface area contributed by atoms with Crippen molar-refractivity contribution in [3.05, 3.63) is 34.2 Å². The Morgan fingerprint density at radius 1 is 1.26 bits per heavy atom. The standard InChI is InChI=1S/C13H19N3O3/c1-18-12-7-6-10(9-13(12)19-2)11(15-16-14)5-3-4-8-17/h6-7,9,11,17H,3-5,8H2,1-2H3. The maximum atomic E-state index is 8.79. The van der Waals surface area contributed by atoms with Gasteiger partial charge in [-0.3, -0.25) is 0 Å². The van der Waals surface area contributed by atoms with E-state index in [2.05, 4.69) is 10.0 Å². The van der Waals surface area contributed by atoms with Crippen molar-refractivity contribution in [1.29, 1.82) is 0 Å². The molecule has 1 atom stereocenters. The van der Waals surface area contributed by atoms with Crippen LogP contribution in [-0.2, 0) is 0 Å². The Morgan fingerprint density at radius 3 is 2.58 bits per heavy atom. The van der Waals surface area contributed by atoms with Crippen molar-refractivity contribution in [2.45, 2.75) is 25.3 Å². The van der Waals surface area contributed by atoms with Crippen LogP contribution >= 0.6 is 0 Å². The molecule has 19 heavy (non-hydrogen) atoms. The summed E-state index contributed by atoms with van der Waals surface area (Å²) < 4.78 is 10.4. The van der Waals surface area contributed by atoms with Crippen molar-refractivity contribution in [2.75, 3.05) is 20.8 Å². The normalized spacial score (nSPS) is 11.5. The van der Waals surface area contributed by atoms with E-state index < -0.39 is 0 Å². The van der Waals surface area contributed by atoms with Gasteiger partial charge in [0.1, 0.15) is 0 Å². The monoisotopic (exact) mass is 265 g/mol. The number of methoxy groups -OCH3 is 2. The van der Waals surface area contributed by atoms with E-state index in [-0.39, 0.29) is 12.6 Å². The van der Waals surface area contributed by atoms with E-state index in [4.69, 9.17) is 20.1 Å². The zero-order valence-electron chi connectivity index (χ0n) is 11.2. The summed E-state index contributed by atoms with van der Waals surface area (Å²) in [5.41, 5.74) is 9.52. The zero-order chi connectivity index (χ0) is 14.1. The maximum absolute atomic E-state index is 8.79. The summed E-state index contributed by atoms with van der Waals surface area (Å²) in [7, 11) is 3.14. The minimum Gasteiger partial charge on any atom is -0.493 e. The summed E-state index contributed by atoms with van der Waals surface area (Å²) in [5.74, 6) is 1.25. The molecule has 0 aliphatic rings. The number of rotatable bonds is 8. The summed E-state index contributed by atoms with van der Waals surface area (Å²) in [4.78, 5) is 2.88. The predicted octanol–water partition coefficient (Wildman–Crippen LogP) is 3.22. The van der Waals surface area contributed by atoms with Crippen LogP contribution in [0.25, 0.3) is 10.4 Å². The molecule has 1 aromatic carbocycles. The summed E-state index contributed by atoms with van der Waals surface area (Å²) in [6.45, 7) is 0.148. The van der Waals surface area contributed by atoms with Gasteiger partial charge in [-0.15, -0.1) is 0 Å². The third-order valence-electron chi connectivity index (χ3n) is 2.87. The van der Waals surface area contributed by atoms with Gasteiger partial charge in [0.15, 0.2) is 11.5 Å². The van der Waals surface area contributed by atoms with E-state index in [0.29, 0.717) is 24.3 Å². The Morgan fingerprint density at radius 2 is 2.00 bits per heavy atom. The number of benzene rings is 1. The van der Waals surface area contributed by atoms with Crippen LogP contribution < -0.4 is 9.47 Å². The second kappa shape index (κ2) is 8.24. The van der Waals surface area contributed by atoms with Crippen molar-refractivity contribution >= 4 is 0 Å². The van der Waals surface area contributed by atoms with Gasteiger partial charge in [0, 0.05) is 11.5 Å². The van der Waals surface area contributed by atoms with Gasteiger partial charge in [-0.1, -0.05) is 17.6 Å². The van der Waals surface area contributed by atoms with E-state index in [1.807, 2.05) is 12.1 Å². The molecule has 0 aliphatic carbocycles. The number of hydrogen-bond acceptors (Lipinski definition) is 4. The van der Waals surface area contributed by atoms with Gasteiger partial charge < -0.3 is 14.6 Å². The molecule has 0 aromatic heterocycles. The number of azide groups is 1. The Balaban J connectivity index is 2.92. The first-order chi connectivity index (χ1) is 9.26. The Kier molecular flexibility index (Phi) is 6.57. The number of ether oxygens (including phenoxy) is 2. The summed E-state index contributed by atoms with van der Waals surface area (Å²) in [6, 6.07) is 5.22. The molecule has 0 fully saturated rings. The number of nitrogens with zero attached hydrogens (tertiary/aromatic N) is 3. The molecule has 1 N–H and O–H groups in total. The quantitative estimate of drug-likeness (QED) is 0.339. The molecular weight excluding hydrogens is 246 g/mol. The molecule has 0 radical (unpaired) electrons. The topological polar surface area (TPSA) is 87.5 Å². The number of unbranched alkanes of at least 4 members (excludes halogenated alkanes) is 1. The first-order valence-corrected chi connectivity index (χ1v) is 6.13. The zero-order valence-corrected chi connectivity index (χ0v) is 11.2. The highest BCUT2D eigenvalue weighted by atomic mass is 16.5. The second-order valence-electron chi connectivity index (χ2n) is 4.05. The minimum atomic E-state index is -0.253. The average Bonchev–Trinajstić information content (AvgIpc) is 2.45. The van der Waals surface area contributed by atoms with E-state index in [1.165, 1.54) is 0 Å². The molecule has 0 heterocycles. The molecule has 6 nitrogen and oxygen atoms in total.